The monoisotopic (exact) mass is 230 g/mol. The average molecular weight is 230 g/mol. The van der Waals surface area contributed by atoms with Crippen LogP contribution in [0.15, 0.2) is 24.4 Å². The molecule has 0 aliphatic heterocycles. The third kappa shape index (κ3) is 2.13. The topological polar surface area (TPSA) is 83.8 Å². The molecule has 1 amide bonds. The first-order chi connectivity index (χ1) is 8.09. The summed E-state index contributed by atoms with van der Waals surface area (Å²) in [6, 6.07) is 5.72. The molecule has 0 saturated carbocycles. The highest BCUT2D eigenvalue weighted by Crippen LogP contribution is 2.17. The van der Waals surface area contributed by atoms with Crippen LogP contribution in [0.25, 0.3) is 0 Å². The van der Waals surface area contributed by atoms with Gasteiger partial charge in [0.25, 0.3) is 5.91 Å². The van der Waals surface area contributed by atoms with Crippen LogP contribution in [-0.2, 0) is 0 Å². The molecular weight excluding hydrogens is 216 g/mol. The Morgan fingerprint density at radius 1 is 1.35 bits per heavy atom. The zero-order chi connectivity index (χ0) is 12.4. The molecule has 1 heterocycles. The number of nitrogens with two attached hydrogens (primary N) is 1. The summed E-state index contributed by atoms with van der Waals surface area (Å²) in [5.41, 5.74) is 8.59. The fourth-order valence-corrected chi connectivity index (χ4v) is 1.74. The first kappa shape index (κ1) is 11.2. The number of aromatic amines is 1. The number of nitrogen functional groups attached to an aromatic ring is 1. The lowest BCUT2D eigenvalue weighted by Crippen LogP contribution is -2.16. The van der Waals surface area contributed by atoms with E-state index in [0.717, 1.165) is 11.1 Å². The molecule has 0 aliphatic rings. The SMILES string of the molecule is Cc1cccc(C)c1C(=O)Nc1[nH]ncc1N. The fourth-order valence-electron chi connectivity index (χ4n) is 1.74. The van der Waals surface area contributed by atoms with E-state index in [9.17, 15) is 4.79 Å². The van der Waals surface area contributed by atoms with Gasteiger partial charge in [0.2, 0.25) is 0 Å². The van der Waals surface area contributed by atoms with Gasteiger partial charge in [-0.25, -0.2) is 0 Å². The summed E-state index contributed by atoms with van der Waals surface area (Å²) >= 11 is 0. The Balaban J connectivity index is 2.30. The first-order valence-corrected chi connectivity index (χ1v) is 5.26. The van der Waals surface area contributed by atoms with E-state index in [-0.39, 0.29) is 5.91 Å². The molecule has 0 unspecified atom stereocenters. The third-order valence-corrected chi connectivity index (χ3v) is 2.62. The van der Waals surface area contributed by atoms with Crippen LogP contribution in [-0.4, -0.2) is 16.1 Å². The number of aryl methyl sites for hydroxylation is 2. The second kappa shape index (κ2) is 4.29. The van der Waals surface area contributed by atoms with Crippen LogP contribution in [0.1, 0.15) is 21.5 Å². The molecule has 0 saturated heterocycles. The summed E-state index contributed by atoms with van der Waals surface area (Å²) in [6.07, 6.45) is 1.46. The van der Waals surface area contributed by atoms with Crippen molar-refractivity contribution in [1.82, 2.24) is 10.2 Å². The Labute approximate surface area is 99.0 Å². The molecule has 1 aromatic heterocycles. The molecule has 2 rings (SSSR count). The Morgan fingerprint density at radius 3 is 2.53 bits per heavy atom. The molecule has 0 fully saturated rings. The van der Waals surface area contributed by atoms with Crippen molar-refractivity contribution in [2.75, 3.05) is 11.1 Å². The van der Waals surface area contributed by atoms with E-state index >= 15 is 0 Å². The average Bonchev–Trinajstić information content (AvgIpc) is 2.64. The molecule has 0 atom stereocenters. The summed E-state index contributed by atoms with van der Waals surface area (Å²) in [5, 5.41) is 9.09. The van der Waals surface area contributed by atoms with Gasteiger partial charge < -0.3 is 11.1 Å². The Bertz CT molecular complexity index is 539. The van der Waals surface area contributed by atoms with Crippen LogP contribution < -0.4 is 11.1 Å². The second-order valence-corrected chi connectivity index (χ2v) is 3.92. The largest absolute Gasteiger partial charge is 0.394 e. The lowest BCUT2D eigenvalue weighted by atomic mass is 10.0. The normalized spacial score (nSPS) is 10.2. The molecule has 17 heavy (non-hydrogen) atoms. The van der Waals surface area contributed by atoms with Gasteiger partial charge in [-0.3, -0.25) is 9.89 Å². The number of aromatic nitrogens is 2. The molecule has 4 N–H and O–H groups in total. The summed E-state index contributed by atoms with van der Waals surface area (Å²) in [7, 11) is 0. The van der Waals surface area contributed by atoms with E-state index in [1.165, 1.54) is 6.20 Å². The van der Waals surface area contributed by atoms with E-state index < -0.39 is 0 Å². The molecule has 0 spiro atoms. The standard InChI is InChI=1S/C12H14N4O/c1-7-4-3-5-8(2)10(7)12(17)15-11-9(13)6-14-16-11/h3-6H,13H2,1-2H3,(H2,14,15,16,17). The number of anilines is 2. The summed E-state index contributed by atoms with van der Waals surface area (Å²) in [4.78, 5) is 12.1. The van der Waals surface area contributed by atoms with Gasteiger partial charge >= 0.3 is 0 Å². The van der Waals surface area contributed by atoms with E-state index in [1.807, 2.05) is 32.0 Å². The summed E-state index contributed by atoms with van der Waals surface area (Å²) in [5.74, 6) is 0.245. The lowest BCUT2D eigenvalue weighted by molar-refractivity contribution is 0.102. The van der Waals surface area contributed by atoms with Crippen molar-refractivity contribution < 1.29 is 4.79 Å². The third-order valence-electron chi connectivity index (χ3n) is 2.62. The maximum Gasteiger partial charge on any atom is 0.257 e. The van der Waals surface area contributed by atoms with Gasteiger partial charge in [0.15, 0.2) is 5.82 Å². The smallest absolute Gasteiger partial charge is 0.257 e. The van der Waals surface area contributed by atoms with Crippen molar-refractivity contribution in [3.8, 4) is 0 Å². The number of carbonyl (C=O) groups excluding carboxylic acids is 1. The van der Waals surface area contributed by atoms with Gasteiger partial charge in [-0.05, 0) is 25.0 Å². The van der Waals surface area contributed by atoms with E-state index in [0.29, 0.717) is 17.1 Å². The molecule has 1 aromatic carbocycles. The van der Waals surface area contributed by atoms with E-state index in [2.05, 4.69) is 15.5 Å². The minimum absolute atomic E-state index is 0.184. The Hall–Kier alpha value is -2.30. The van der Waals surface area contributed by atoms with Gasteiger partial charge in [-0.2, -0.15) is 5.10 Å². The number of H-pyrrole nitrogens is 1. The van der Waals surface area contributed by atoms with Crippen LogP contribution in [0.4, 0.5) is 11.5 Å². The molecule has 88 valence electrons. The van der Waals surface area contributed by atoms with Crippen LogP contribution in [0.3, 0.4) is 0 Å². The number of hydrogen-bond donors (Lipinski definition) is 3. The lowest BCUT2D eigenvalue weighted by Gasteiger charge is -2.09. The van der Waals surface area contributed by atoms with Crippen molar-refractivity contribution in [2.45, 2.75) is 13.8 Å². The molecule has 0 bridgehead atoms. The predicted molar refractivity (Wildman–Crippen MR) is 66.9 cm³/mol. The number of carbonyl (C=O) groups is 1. The molecule has 5 heteroatoms. The minimum atomic E-state index is -0.184. The minimum Gasteiger partial charge on any atom is -0.394 e. The van der Waals surface area contributed by atoms with Crippen LogP contribution in [0.5, 0.6) is 0 Å². The highest BCUT2D eigenvalue weighted by Gasteiger charge is 2.13. The van der Waals surface area contributed by atoms with Crippen LogP contribution >= 0.6 is 0 Å². The van der Waals surface area contributed by atoms with Gasteiger partial charge in [-0.1, -0.05) is 18.2 Å². The highest BCUT2D eigenvalue weighted by atomic mass is 16.1. The van der Waals surface area contributed by atoms with Crippen LogP contribution in [0, 0.1) is 13.8 Å². The van der Waals surface area contributed by atoms with E-state index in [1.54, 1.807) is 0 Å². The molecule has 2 aromatic rings. The molecule has 0 aliphatic carbocycles. The molecular formula is C12H14N4O. The number of amides is 1. The van der Waals surface area contributed by atoms with Gasteiger partial charge in [0, 0.05) is 5.56 Å². The zero-order valence-electron chi connectivity index (χ0n) is 9.74. The second-order valence-electron chi connectivity index (χ2n) is 3.92. The number of nitrogens with zero attached hydrogens (tertiary/aromatic N) is 1. The predicted octanol–water partition coefficient (Wildman–Crippen LogP) is 1.86. The maximum atomic E-state index is 12.1. The van der Waals surface area contributed by atoms with Gasteiger partial charge in [0.05, 0.1) is 11.9 Å². The van der Waals surface area contributed by atoms with E-state index in [4.69, 9.17) is 5.73 Å². The number of nitrogens with one attached hydrogen (secondary N) is 2. The number of rotatable bonds is 2. The Kier molecular flexibility index (Phi) is 2.82. The van der Waals surface area contributed by atoms with Crippen molar-refractivity contribution in [3.05, 3.63) is 41.1 Å². The van der Waals surface area contributed by atoms with Crippen molar-refractivity contribution >= 4 is 17.4 Å². The van der Waals surface area contributed by atoms with Crippen molar-refractivity contribution in [3.63, 3.8) is 0 Å². The summed E-state index contributed by atoms with van der Waals surface area (Å²) < 4.78 is 0. The first-order valence-electron chi connectivity index (χ1n) is 5.26. The number of hydrogen-bond acceptors (Lipinski definition) is 3. The van der Waals surface area contributed by atoms with Crippen LogP contribution in [0.2, 0.25) is 0 Å². The van der Waals surface area contributed by atoms with Crippen molar-refractivity contribution in [2.24, 2.45) is 0 Å². The fraction of sp³-hybridized carbons (Fsp3) is 0.167. The van der Waals surface area contributed by atoms with Crippen molar-refractivity contribution in [1.29, 1.82) is 0 Å². The molecule has 5 nitrogen and oxygen atoms in total. The quantitative estimate of drug-likeness (QED) is 0.736. The zero-order valence-corrected chi connectivity index (χ0v) is 9.74. The number of benzene rings is 1. The highest BCUT2D eigenvalue weighted by molar-refractivity contribution is 6.06. The van der Waals surface area contributed by atoms with Gasteiger partial charge in [0.1, 0.15) is 0 Å². The maximum absolute atomic E-state index is 12.1. The molecule has 0 radical (unpaired) electrons. The Morgan fingerprint density at radius 2 is 2.00 bits per heavy atom. The summed E-state index contributed by atoms with van der Waals surface area (Å²) in [6.45, 7) is 3.80. The van der Waals surface area contributed by atoms with Gasteiger partial charge in [-0.15, -0.1) is 0 Å².